The maximum Gasteiger partial charge on any atom is 0.306 e. The quantitative estimate of drug-likeness (QED) is 0.639. The number of rotatable bonds is 6. The number of carbonyl (C=O) groups is 2. The fraction of sp³-hybridized carbons (Fsp3) is 0.579. The minimum absolute atomic E-state index is 0.173. The number of benzene rings is 1. The summed E-state index contributed by atoms with van der Waals surface area (Å²) in [7, 11) is 0. The molecule has 0 aliphatic heterocycles. The molecule has 1 saturated carbocycles. The molecule has 1 fully saturated rings. The maximum absolute atomic E-state index is 12.8. The normalized spacial score (nSPS) is 16.9. The third kappa shape index (κ3) is 6.30. The van der Waals surface area contributed by atoms with E-state index in [1.54, 1.807) is 19.1 Å². The van der Waals surface area contributed by atoms with Crippen molar-refractivity contribution in [2.45, 2.75) is 70.4 Å². The lowest BCUT2D eigenvalue weighted by atomic mass is 10.1. The van der Waals surface area contributed by atoms with Gasteiger partial charge in [-0.2, -0.15) is 0 Å². The van der Waals surface area contributed by atoms with Crippen LogP contribution in [0.25, 0.3) is 0 Å². The largest absolute Gasteiger partial charge is 0.453 e. The van der Waals surface area contributed by atoms with E-state index in [4.69, 9.17) is 4.74 Å². The Hall–Kier alpha value is -1.91. The molecule has 1 N–H and O–H groups in total. The van der Waals surface area contributed by atoms with Gasteiger partial charge in [-0.15, -0.1) is 0 Å². The number of ether oxygens (including phenoxy) is 1. The lowest BCUT2D eigenvalue weighted by Gasteiger charge is -2.19. The molecule has 0 bridgehead atoms. The van der Waals surface area contributed by atoms with Gasteiger partial charge in [0.2, 0.25) is 0 Å². The van der Waals surface area contributed by atoms with Crippen LogP contribution in [-0.4, -0.2) is 24.0 Å². The van der Waals surface area contributed by atoms with Crippen molar-refractivity contribution in [1.29, 1.82) is 0 Å². The van der Waals surface area contributed by atoms with Crippen molar-refractivity contribution in [3.8, 4) is 0 Å². The number of carbonyl (C=O) groups excluding carboxylic acids is 2. The van der Waals surface area contributed by atoms with Crippen LogP contribution >= 0.6 is 0 Å². The van der Waals surface area contributed by atoms with Crippen LogP contribution in [0.4, 0.5) is 4.39 Å². The van der Waals surface area contributed by atoms with Crippen LogP contribution in [0, 0.1) is 5.82 Å². The van der Waals surface area contributed by atoms with Gasteiger partial charge in [-0.05, 0) is 43.9 Å². The van der Waals surface area contributed by atoms with E-state index in [1.807, 2.05) is 0 Å². The van der Waals surface area contributed by atoms with Crippen molar-refractivity contribution < 1.29 is 18.7 Å². The van der Waals surface area contributed by atoms with Crippen molar-refractivity contribution in [2.24, 2.45) is 0 Å². The molecule has 0 spiro atoms. The molecular weight excluding hydrogens is 309 g/mol. The van der Waals surface area contributed by atoms with Crippen LogP contribution < -0.4 is 5.32 Å². The van der Waals surface area contributed by atoms with Gasteiger partial charge in [0.25, 0.3) is 5.91 Å². The Morgan fingerprint density at radius 3 is 2.42 bits per heavy atom. The molecule has 2 rings (SSSR count). The third-order valence-corrected chi connectivity index (χ3v) is 4.41. The predicted molar refractivity (Wildman–Crippen MR) is 89.9 cm³/mol. The molecule has 4 nitrogen and oxygen atoms in total. The van der Waals surface area contributed by atoms with Gasteiger partial charge in [-0.1, -0.05) is 37.8 Å². The van der Waals surface area contributed by atoms with E-state index in [0.717, 1.165) is 31.2 Å². The molecule has 0 radical (unpaired) electrons. The Morgan fingerprint density at radius 1 is 1.17 bits per heavy atom. The van der Waals surface area contributed by atoms with Gasteiger partial charge in [0.15, 0.2) is 6.10 Å². The first kappa shape index (κ1) is 18.4. The van der Waals surface area contributed by atoms with Crippen molar-refractivity contribution in [2.75, 3.05) is 0 Å². The predicted octanol–water partition coefficient (Wildman–Crippen LogP) is 3.53. The molecule has 0 unspecified atom stereocenters. The molecule has 1 aliphatic carbocycles. The van der Waals surface area contributed by atoms with E-state index in [0.29, 0.717) is 6.42 Å². The van der Waals surface area contributed by atoms with Crippen LogP contribution in [0.3, 0.4) is 0 Å². The fourth-order valence-corrected chi connectivity index (χ4v) is 2.95. The van der Waals surface area contributed by atoms with Crippen LogP contribution in [0.2, 0.25) is 0 Å². The third-order valence-electron chi connectivity index (χ3n) is 4.41. The summed E-state index contributed by atoms with van der Waals surface area (Å²) in [5.41, 5.74) is 0.865. The lowest BCUT2D eigenvalue weighted by molar-refractivity contribution is -0.155. The van der Waals surface area contributed by atoms with E-state index >= 15 is 0 Å². The fourth-order valence-electron chi connectivity index (χ4n) is 2.95. The Balaban J connectivity index is 1.71. The first-order chi connectivity index (χ1) is 11.5. The molecule has 1 atom stereocenters. The van der Waals surface area contributed by atoms with Crippen molar-refractivity contribution in [3.63, 3.8) is 0 Å². The average Bonchev–Trinajstić information content (AvgIpc) is 2.83. The lowest BCUT2D eigenvalue weighted by Crippen LogP contribution is -2.41. The Morgan fingerprint density at radius 2 is 1.79 bits per heavy atom. The second-order valence-electron chi connectivity index (χ2n) is 6.46. The van der Waals surface area contributed by atoms with E-state index in [1.165, 1.54) is 25.0 Å². The number of nitrogens with one attached hydrogen (secondary N) is 1. The number of halogens is 1. The van der Waals surface area contributed by atoms with Crippen molar-refractivity contribution in [3.05, 3.63) is 35.6 Å². The van der Waals surface area contributed by atoms with Gasteiger partial charge < -0.3 is 10.1 Å². The minimum Gasteiger partial charge on any atom is -0.453 e. The summed E-state index contributed by atoms with van der Waals surface area (Å²) in [6, 6.07) is 6.21. The van der Waals surface area contributed by atoms with E-state index < -0.39 is 12.1 Å². The van der Waals surface area contributed by atoms with E-state index in [9.17, 15) is 14.0 Å². The maximum atomic E-state index is 12.8. The Labute approximate surface area is 142 Å². The molecule has 1 aliphatic rings. The van der Waals surface area contributed by atoms with Gasteiger partial charge >= 0.3 is 5.97 Å². The average molecular weight is 335 g/mol. The van der Waals surface area contributed by atoms with Crippen molar-refractivity contribution in [1.82, 2.24) is 5.32 Å². The van der Waals surface area contributed by atoms with Gasteiger partial charge in [0.05, 0.1) is 0 Å². The molecule has 1 aromatic carbocycles. The molecular formula is C19H26FNO3. The first-order valence-electron chi connectivity index (χ1n) is 8.79. The number of hydrogen-bond acceptors (Lipinski definition) is 3. The van der Waals surface area contributed by atoms with Crippen LogP contribution in [-0.2, 0) is 20.7 Å². The molecule has 0 aromatic heterocycles. The molecule has 0 saturated heterocycles. The highest BCUT2D eigenvalue weighted by atomic mass is 19.1. The standard InChI is InChI=1S/C19H26FNO3/c1-14(19(23)21-17-6-4-2-3-5-7-17)24-18(22)13-10-15-8-11-16(20)12-9-15/h8-9,11-12,14,17H,2-7,10,13H2,1H3,(H,21,23)/t14-/m0/s1. The zero-order valence-corrected chi connectivity index (χ0v) is 14.2. The molecule has 132 valence electrons. The summed E-state index contributed by atoms with van der Waals surface area (Å²) in [6.07, 6.45) is 6.57. The number of esters is 1. The summed E-state index contributed by atoms with van der Waals surface area (Å²) in [5, 5.41) is 2.99. The number of aryl methyl sites for hydroxylation is 1. The molecule has 1 amide bonds. The Kier molecular flexibility index (Phi) is 7.22. The summed E-state index contributed by atoms with van der Waals surface area (Å²) < 4.78 is 18.0. The van der Waals surface area contributed by atoms with Gasteiger partial charge in [-0.3, -0.25) is 9.59 Å². The first-order valence-corrected chi connectivity index (χ1v) is 8.79. The second-order valence-corrected chi connectivity index (χ2v) is 6.46. The minimum atomic E-state index is -0.783. The molecule has 0 heterocycles. The summed E-state index contributed by atoms with van der Waals surface area (Å²) in [6.45, 7) is 1.60. The van der Waals surface area contributed by atoms with Gasteiger partial charge in [0, 0.05) is 12.5 Å². The van der Waals surface area contributed by atoms with Crippen LogP contribution in [0.1, 0.15) is 57.4 Å². The number of amides is 1. The van der Waals surface area contributed by atoms with Gasteiger partial charge in [0.1, 0.15) is 5.82 Å². The van der Waals surface area contributed by atoms with Crippen molar-refractivity contribution >= 4 is 11.9 Å². The summed E-state index contributed by atoms with van der Waals surface area (Å²) in [4.78, 5) is 24.0. The highest BCUT2D eigenvalue weighted by Gasteiger charge is 2.21. The molecule has 1 aromatic rings. The topological polar surface area (TPSA) is 55.4 Å². The summed E-state index contributed by atoms with van der Waals surface area (Å²) >= 11 is 0. The highest BCUT2D eigenvalue weighted by Crippen LogP contribution is 2.17. The second kappa shape index (κ2) is 9.40. The van der Waals surface area contributed by atoms with E-state index in [2.05, 4.69) is 5.32 Å². The molecule has 24 heavy (non-hydrogen) atoms. The van der Waals surface area contributed by atoms with Crippen LogP contribution in [0.5, 0.6) is 0 Å². The van der Waals surface area contributed by atoms with Gasteiger partial charge in [-0.25, -0.2) is 4.39 Å². The van der Waals surface area contributed by atoms with E-state index in [-0.39, 0.29) is 24.2 Å². The molecule has 5 heteroatoms. The Bertz CT molecular complexity index is 536. The smallest absolute Gasteiger partial charge is 0.306 e. The zero-order valence-electron chi connectivity index (χ0n) is 14.2. The summed E-state index contributed by atoms with van der Waals surface area (Å²) in [5.74, 6) is -0.940. The monoisotopic (exact) mass is 335 g/mol. The highest BCUT2D eigenvalue weighted by molar-refractivity contribution is 5.83. The van der Waals surface area contributed by atoms with Crippen LogP contribution in [0.15, 0.2) is 24.3 Å². The number of hydrogen-bond donors (Lipinski definition) is 1. The SMILES string of the molecule is C[C@H](OC(=O)CCc1ccc(F)cc1)C(=O)NC1CCCCCC1. The zero-order chi connectivity index (χ0) is 17.4.